The van der Waals surface area contributed by atoms with Crippen LogP contribution in [0.25, 0.3) is 0 Å². The van der Waals surface area contributed by atoms with Gasteiger partial charge in [0.1, 0.15) is 6.10 Å². The summed E-state index contributed by atoms with van der Waals surface area (Å²) in [6, 6.07) is 0.549. The molecule has 1 heterocycles. The lowest BCUT2D eigenvalue weighted by atomic mass is 10.0. The maximum absolute atomic E-state index is 12.3. The van der Waals surface area contributed by atoms with Crippen LogP contribution in [0.4, 0.5) is 4.79 Å². The minimum atomic E-state index is -0.239. The van der Waals surface area contributed by atoms with Gasteiger partial charge in [-0.05, 0) is 51.9 Å². The van der Waals surface area contributed by atoms with Crippen LogP contribution in [0.15, 0.2) is 0 Å². The fourth-order valence-electron chi connectivity index (χ4n) is 4.31. The maximum Gasteiger partial charge on any atom is 0.407 e. The molecule has 1 saturated heterocycles. The van der Waals surface area contributed by atoms with Crippen LogP contribution in [0.2, 0.25) is 0 Å². The minimum absolute atomic E-state index is 0.0483. The fourth-order valence-corrected chi connectivity index (χ4v) is 4.31. The van der Waals surface area contributed by atoms with Crippen molar-refractivity contribution in [3.05, 3.63) is 0 Å². The van der Waals surface area contributed by atoms with Crippen molar-refractivity contribution in [1.29, 1.82) is 0 Å². The largest absolute Gasteiger partial charge is 0.466 e. The summed E-state index contributed by atoms with van der Waals surface area (Å²) in [6.45, 7) is 10.1. The van der Waals surface area contributed by atoms with E-state index in [4.69, 9.17) is 9.47 Å². The first-order chi connectivity index (χ1) is 16.6. The van der Waals surface area contributed by atoms with Crippen LogP contribution in [-0.4, -0.2) is 55.3 Å². The molecule has 0 bridgehead atoms. The number of hydrogen-bond acceptors (Lipinski definition) is 5. The monoisotopic (exact) mass is 482 g/mol. The van der Waals surface area contributed by atoms with Crippen molar-refractivity contribution in [3.63, 3.8) is 0 Å². The normalized spacial score (nSPS) is 15.0. The molecular formula is C28H54N2O4. The number of carbonyl (C=O) groups is 2. The highest BCUT2D eigenvalue weighted by Gasteiger charge is 2.23. The summed E-state index contributed by atoms with van der Waals surface area (Å²) in [7, 11) is 0. The van der Waals surface area contributed by atoms with Gasteiger partial charge in [-0.2, -0.15) is 0 Å². The van der Waals surface area contributed by atoms with Gasteiger partial charge in [0.05, 0.1) is 6.61 Å². The zero-order chi connectivity index (χ0) is 24.9. The van der Waals surface area contributed by atoms with Gasteiger partial charge in [0.2, 0.25) is 0 Å². The molecule has 2 atom stereocenters. The zero-order valence-electron chi connectivity index (χ0n) is 22.6. The molecule has 6 heteroatoms. The van der Waals surface area contributed by atoms with E-state index in [0.717, 1.165) is 51.4 Å². The van der Waals surface area contributed by atoms with Gasteiger partial charge in [0.25, 0.3) is 0 Å². The summed E-state index contributed by atoms with van der Waals surface area (Å²) in [5.41, 5.74) is 0. The number of esters is 1. The number of nitrogens with one attached hydrogen (secondary N) is 1. The molecule has 200 valence electrons. The highest BCUT2D eigenvalue weighted by atomic mass is 16.6. The number of hydrogen-bond donors (Lipinski definition) is 1. The van der Waals surface area contributed by atoms with Crippen molar-refractivity contribution in [2.45, 2.75) is 142 Å². The fraction of sp³-hybridized carbons (Fsp3) is 0.929. The third-order valence-electron chi connectivity index (χ3n) is 6.71. The van der Waals surface area contributed by atoms with E-state index in [2.05, 4.69) is 24.1 Å². The SMILES string of the molecule is CCCCCCC(CCCCCCCCCCC(=O)OCCC)OC(=O)NCCC(C)N1CC1. The summed E-state index contributed by atoms with van der Waals surface area (Å²) in [5.74, 6) is -0.0483. The summed E-state index contributed by atoms with van der Waals surface area (Å²) in [4.78, 5) is 26.2. The molecule has 1 rings (SSSR count). The molecule has 1 fully saturated rings. The van der Waals surface area contributed by atoms with Crippen molar-refractivity contribution in [2.75, 3.05) is 26.2 Å². The third-order valence-corrected chi connectivity index (χ3v) is 6.71. The molecule has 1 N–H and O–H groups in total. The first-order valence-electron chi connectivity index (χ1n) is 14.4. The predicted octanol–water partition coefficient (Wildman–Crippen LogP) is 7.00. The van der Waals surface area contributed by atoms with E-state index in [-0.39, 0.29) is 18.2 Å². The minimum Gasteiger partial charge on any atom is -0.466 e. The van der Waals surface area contributed by atoms with E-state index < -0.39 is 0 Å². The molecule has 1 aliphatic heterocycles. The Morgan fingerprint density at radius 3 is 1.97 bits per heavy atom. The molecule has 6 nitrogen and oxygen atoms in total. The van der Waals surface area contributed by atoms with Crippen molar-refractivity contribution in [1.82, 2.24) is 10.2 Å². The lowest BCUT2D eigenvalue weighted by Gasteiger charge is -2.19. The van der Waals surface area contributed by atoms with Crippen LogP contribution in [0.1, 0.15) is 130 Å². The van der Waals surface area contributed by atoms with E-state index >= 15 is 0 Å². The number of nitrogens with zero attached hydrogens (tertiary/aromatic N) is 1. The van der Waals surface area contributed by atoms with Gasteiger partial charge in [0, 0.05) is 32.1 Å². The molecule has 0 spiro atoms. The molecule has 0 aromatic rings. The van der Waals surface area contributed by atoms with Crippen LogP contribution in [0.5, 0.6) is 0 Å². The van der Waals surface area contributed by atoms with Gasteiger partial charge in [0.15, 0.2) is 0 Å². The van der Waals surface area contributed by atoms with Crippen LogP contribution in [0, 0.1) is 0 Å². The molecule has 0 saturated carbocycles. The molecule has 34 heavy (non-hydrogen) atoms. The topological polar surface area (TPSA) is 67.6 Å². The molecule has 0 radical (unpaired) electrons. The quantitative estimate of drug-likeness (QED) is 0.0964. The maximum atomic E-state index is 12.3. The van der Waals surface area contributed by atoms with Crippen molar-refractivity contribution >= 4 is 12.1 Å². The first kappa shape index (κ1) is 30.7. The highest BCUT2D eigenvalue weighted by Crippen LogP contribution is 2.17. The molecular weight excluding hydrogens is 428 g/mol. The average Bonchev–Trinajstić information content (AvgIpc) is 3.67. The summed E-state index contributed by atoms with van der Waals surface area (Å²) >= 11 is 0. The van der Waals surface area contributed by atoms with Crippen LogP contribution >= 0.6 is 0 Å². The number of carbonyl (C=O) groups excluding carboxylic acids is 2. The Labute approximate surface area is 209 Å². The molecule has 0 aliphatic carbocycles. The molecule has 1 amide bonds. The van der Waals surface area contributed by atoms with Gasteiger partial charge in [-0.1, -0.05) is 71.6 Å². The molecule has 1 aliphatic rings. The lowest BCUT2D eigenvalue weighted by molar-refractivity contribution is -0.143. The highest BCUT2D eigenvalue weighted by molar-refractivity contribution is 5.69. The number of rotatable bonds is 23. The van der Waals surface area contributed by atoms with Crippen molar-refractivity contribution in [3.8, 4) is 0 Å². The Morgan fingerprint density at radius 2 is 1.38 bits per heavy atom. The summed E-state index contributed by atoms with van der Waals surface area (Å²) in [6.07, 6.45) is 18.4. The number of amides is 1. The van der Waals surface area contributed by atoms with Gasteiger partial charge >= 0.3 is 12.1 Å². The van der Waals surface area contributed by atoms with Crippen LogP contribution in [0.3, 0.4) is 0 Å². The van der Waals surface area contributed by atoms with Crippen molar-refractivity contribution < 1.29 is 19.1 Å². The van der Waals surface area contributed by atoms with Gasteiger partial charge in [-0.15, -0.1) is 0 Å². The van der Waals surface area contributed by atoms with Gasteiger partial charge < -0.3 is 14.8 Å². The Bertz CT molecular complexity index is 511. The number of alkyl carbamates (subject to hydrolysis) is 1. The van der Waals surface area contributed by atoms with Crippen LogP contribution in [-0.2, 0) is 14.3 Å². The second kappa shape index (κ2) is 21.0. The number of ether oxygens (including phenoxy) is 2. The number of unbranched alkanes of at least 4 members (excludes halogenated alkanes) is 10. The van der Waals surface area contributed by atoms with E-state index in [1.807, 2.05) is 6.92 Å². The zero-order valence-corrected chi connectivity index (χ0v) is 22.6. The lowest BCUT2D eigenvalue weighted by Crippen LogP contribution is -2.32. The third kappa shape index (κ3) is 18.1. The van der Waals surface area contributed by atoms with E-state index in [1.54, 1.807) is 0 Å². The van der Waals surface area contributed by atoms with Crippen molar-refractivity contribution in [2.24, 2.45) is 0 Å². The molecule has 0 aromatic carbocycles. The first-order valence-corrected chi connectivity index (χ1v) is 14.4. The molecule has 0 aromatic heterocycles. The second-order valence-corrected chi connectivity index (χ2v) is 10.1. The van der Waals surface area contributed by atoms with Crippen LogP contribution < -0.4 is 5.32 Å². The standard InChI is InChI=1S/C28H54N2O4/c1-4-6-7-14-17-26(34-28(32)29-21-20-25(3)30-22-23-30)18-15-12-10-8-9-11-13-16-19-27(31)33-24-5-2/h25-26H,4-24H2,1-3H3,(H,29,32). The van der Waals surface area contributed by atoms with Gasteiger partial charge in [-0.3, -0.25) is 9.69 Å². The smallest absolute Gasteiger partial charge is 0.407 e. The molecule has 2 unspecified atom stereocenters. The summed E-state index contributed by atoms with van der Waals surface area (Å²) < 4.78 is 10.9. The van der Waals surface area contributed by atoms with Gasteiger partial charge in [-0.25, -0.2) is 4.79 Å². The Hall–Kier alpha value is -1.30. The van der Waals surface area contributed by atoms with E-state index in [1.165, 1.54) is 64.5 Å². The Kier molecular flexibility index (Phi) is 19.0. The average molecular weight is 483 g/mol. The second-order valence-electron chi connectivity index (χ2n) is 10.1. The Morgan fingerprint density at radius 1 is 0.794 bits per heavy atom. The predicted molar refractivity (Wildman–Crippen MR) is 140 cm³/mol. The van der Waals surface area contributed by atoms with E-state index in [9.17, 15) is 9.59 Å². The Balaban J connectivity index is 2.08. The summed E-state index contributed by atoms with van der Waals surface area (Å²) in [5, 5.41) is 2.96. The van der Waals surface area contributed by atoms with E-state index in [0.29, 0.717) is 25.6 Å².